The fourth-order valence-electron chi connectivity index (χ4n) is 4.14. The number of rotatable bonds is 7. The van der Waals surface area contributed by atoms with Crippen molar-refractivity contribution in [1.82, 2.24) is 15.1 Å². The minimum Gasteiger partial charge on any atom is -0.490 e. The van der Waals surface area contributed by atoms with E-state index in [0.717, 1.165) is 77.0 Å². The molecule has 1 unspecified atom stereocenters. The summed E-state index contributed by atoms with van der Waals surface area (Å²) in [7, 11) is 0. The standard InChI is InChI=1S/C23H38N4O2/c1-4-24-23(25-18-22(19(2)3)26-14-16-28-17-15-26)27-12-10-21(11-13-27)29-20-8-6-5-7-9-20/h5-9,19,21-22H,4,10-18H2,1-3H3,(H,24,25). The van der Waals surface area contributed by atoms with Crippen LogP contribution < -0.4 is 10.1 Å². The van der Waals surface area contributed by atoms with Crippen molar-refractivity contribution in [2.45, 2.75) is 45.8 Å². The van der Waals surface area contributed by atoms with Crippen molar-refractivity contribution in [3.05, 3.63) is 30.3 Å². The fourth-order valence-corrected chi connectivity index (χ4v) is 4.14. The molecule has 6 nitrogen and oxygen atoms in total. The van der Waals surface area contributed by atoms with Gasteiger partial charge < -0.3 is 19.7 Å². The first-order valence-electron chi connectivity index (χ1n) is 11.2. The summed E-state index contributed by atoms with van der Waals surface area (Å²) in [5, 5.41) is 3.51. The van der Waals surface area contributed by atoms with Crippen molar-refractivity contribution >= 4 is 5.96 Å². The van der Waals surface area contributed by atoms with Gasteiger partial charge in [-0.25, -0.2) is 0 Å². The fraction of sp³-hybridized carbons (Fsp3) is 0.696. The number of morpholine rings is 1. The first-order chi connectivity index (χ1) is 14.2. The number of guanidine groups is 1. The third kappa shape index (κ3) is 6.61. The predicted molar refractivity (Wildman–Crippen MR) is 119 cm³/mol. The van der Waals surface area contributed by atoms with Crippen LogP contribution in [0.2, 0.25) is 0 Å². The van der Waals surface area contributed by atoms with Gasteiger partial charge in [0.15, 0.2) is 5.96 Å². The maximum absolute atomic E-state index is 6.15. The highest BCUT2D eigenvalue weighted by atomic mass is 16.5. The summed E-state index contributed by atoms with van der Waals surface area (Å²) in [5.74, 6) is 2.59. The highest BCUT2D eigenvalue weighted by Gasteiger charge is 2.26. The number of nitrogens with zero attached hydrogens (tertiary/aromatic N) is 3. The molecule has 2 saturated heterocycles. The van der Waals surface area contributed by atoms with E-state index in [2.05, 4.69) is 35.9 Å². The van der Waals surface area contributed by atoms with Crippen LogP contribution in [0.15, 0.2) is 35.3 Å². The number of aliphatic imine (C=N–C) groups is 1. The second kappa shape index (κ2) is 11.4. The van der Waals surface area contributed by atoms with Gasteiger partial charge in [-0.15, -0.1) is 0 Å². The minimum atomic E-state index is 0.285. The van der Waals surface area contributed by atoms with Crippen LogP contribution >= 0.6 is 0 Å². The van der Waals surface area contributed by atoms with Crippen LogP contribution in [0.1, 0.15) is 33.6 Å². The van der Waals surface area contributed by atoms with Crippen LogP contribution in [0.3, 0.4) is 0 Å². The van der Waals surface area contributed by atoms with Crippen molar-refractivity contribution in [3.63, 3.8) is 0 Å². The number of benzene rings is 1. The summed E-state index contributed by atoms with van der Waals surface area (Å²) in [6, 6.07) is 10.6. The molecule has 0 saturated carbocycles. The molecule has 1 aromatic rings. The number of para-hydroxylation sites is 1. The average molecular weight is 403 g/mol. The van der Waals surface area contributed by atoms with Gasteiger partial charge in [0.25, 0.3) is 0 Å². The van der Waals surface area contributed by atoms with Gasteiger partial charge in [0.05, 0.1) is 19.8 Å². The second-order valence-electron chi connectivity index (χ2n) is 8.27. The largest absolute Gasteiger partial charge is 0.490 e. The zero-order valence-corrected chi connectivity index (χ0v) is 18.3. The zero-order chi connectivity index (χ0) is 20.5. The van der Waals surface area contributed by atoms with E-state index in [1.165, 1.54) is 0 Å². The molecule has 0 amide bonds. The van der Waals surface area contributed by atoms with Crippen LogP contribution in [-0.4, -0.2) is 80.4 Å². The third-order valence-corrected chi connectivity index (χ3v) is 5.83. The molecule has 2 aliphatic rings. The monoisotopic (exact) mass is 402 g/mol. The molecule has 0 radical (unpaired) electrons. The molecule has 1 aromatic carbocycles. The van der Waals surface area contributed by atoms with Crippen molar-refractivity contribution in [2.24, 2.45) is 10.9 Å². The van der Waals surface area contributed by atoms with Crippen LogP contribution in [0.5, 0.6) is 5.75 Å². The van der Waals surface area contributed by atoms with Crippen molar-refractivity contribution < 1.29 is 9.47 Å². The van der Waals surface area contributed by atoms with E-state index in [4.69, 9.17) is 14.5 Å². The Labute approximate surface area is 176 Å². The first kappa shape index (κ1) is 21.9. The Morgan fingerprint density at radius 1 is 1.14 bits per heavy atom. The van der Waals surface area contributed by atoms with Crippen LogP contribution in [0.25, 0.3) is 0 Å². The molecule has 1 N–H and O–H groups in total. The predicted octanol–water partition coefficient (Wildman–Crippen LogP) is 2.85. The van der Waals surface area contributed by atoms with E-state index in [0.29, 0.717) is 12.0 Å². The summed E-state index contributed by atoms with van der Waals surface area (Å²) < 4.78 is 11.7. The van der Waals surface area contributed by atoms with Crippen molar-refractivity contribution in [3.8, 4) is 5.75 Å². The van der Waals surface area contributed by atoms with Gasteiger partial charge in [-0.05, 0) is 25.0 Å². The van der Waals surface area contributed by atoms with Crippen LogP contribution in [0.4, 0.5) is 0 Å². The lowest BCUT2D eigenvalue weighted by Crippen LogP contribution is -2.50. The highest BCUT2D eigenvalue weighted by Crippen LogP contribution is 2.19. The lowest BCUT2D eigenvalue weighted by molar-refractivity contribution is 0.00860. The van der Waals surface area contributed by atoms with E-state index in [9.17, 15) is 0 Å². The normalized spacial score (nSPS) is 20.7. The molecular weight excluding hydrogens is 364 g/mol. The van der Waals surface area contributed by atoms with Gasteiger partial charge in [0, 0.05) is 51.6 Å². The average Bonchev–Trinajstić information content (AvgIpc) is 2.75. The van der Waals surface area contributed by atoms with Gasteiger partial charge in [-0.1, -0.05) is 32.0 Å². The van der Waals surface area contributed by atoms with Crippen molar-refractivity contribution in [1.29, 1.82) is 0 Å². The van der Waals surface area contributed by atoms with Gasteiger partial charge in [0.1, 0.15) is 11.9 Å². The van der Waals surface area contributed by atoms with Crippen LogP contribution in [0, 0.1) is 5.92 Å². The maximum atomic E-state index is 6.15. The number of nitrogens with one attached hydrogen (secondary N) is 1. The molecule has 2 heterocycles. The molecular formula is C23H38N4O2. The topological polar surface area (TPSA) is 49.3 Å². The van der Waals surface area contributed by atoms with E-state index in [1.807, 2.05) is 30.3 Å². The van der Waals surface area contributed by atoms with Gasteiger partial charge >= 0.3 is 0 Å². The number of hydrogen-bond donors (Lipinski definition) is 1. The van der Waals surface area contributed by atoms with Gasteiger partial charge in [-0.2, -0.15) is 0 Å². The quantitative estimate of drug-likeness (QED) is 0.561. The first-order valence-corrected chi connectivity index (χ1v) is 11.2. The maximum Gasteiger partial charge on any atom is 0.193 e. The Morgan fingerprint density at radius 2 is 1.83 bits per heavy atom. The van der Waals surface area contributed by atoms with Crippen molar-refractivity contribution in [2.75, 3.05) is 52.5 Å². The highest BCUT2D eigenvalue weighted by molar-refractivity contribution is 5.80. The number of hydrogen-bond acceptors (Lipinski definition) is 4. The van der Waals surface area contributed by atoms with E-state index < -0.39 is 0 Å². The van der Waals surface area contributed by atoms with Gasteiger partial charge in [-0.3, -0.25) is 9.89 Å². The minimum absolute atomic E-state index is 0.285. The molecule has 0 spiro atoms. The summed E-state index contributed by atoms with van der Waals surface area (Å²) >= 11 is 0. The molecule has 6 heteroatoms. The van der Waals surface area contributed by atoms with Gasteiger partial charge in [0.2, 0.25) is 0 Å². The Hall–Kier alpha value is -1.79. The Bertz CT molecular complexity index is 609. The molecule has 0 aromatic heterocycles. The molecule has 2 fully saturated rings. The summed E-state index contributed by atoms with van der Waals surface area (Å²) in [6.07, 6.45) is 2.33. The summed E-state index contributed by atoms with van der Waals surface area (Å²) in [4.78, 5) is 9.99. The summed E-state index contributed by atoms with van der Waals surface area (Å²) in [6.45, 7) is 14.1. The summed E-state index contributed by atoms with van der Waals surface area (Å²) in [5.41, 5.74) is 0. The molecule has 0 aliphatic carbocycles. The smallest absolute Gasteiger partial charge is 0.193 e. The zero-order valence-electron chi connectivity index (χ0n) is 18.3. The Morgan fingerprint density at radius 3 is 2.45 bits per heavy atom. The number of likely N-dealkylation sites (tertiary alicyclic amines) is 1. The molecule has 162 valence electrons. The molecule has 3 rings (SSSR count). The SMILES string of the molecule is CCNC(=NCC(C(C)C)N1CCOCC1)N1CCC(Oc2ccccc2)CC1. The molecule has 2 aliphatic heterocycles. The molecule has 29 heavy (non-hydrogen) atoms. The lowest BCUT2D eigenvalue weighted by Gasteiger charge is -2.37. The van der Waals surface area contributed by atoms with E-state index >= 15 is 0 Å². The Kier molecular flexibility index (Phi) is 8.62. The number of ether oxygens (including phenoxy) is 2. The lowest BCUT2D eigenvalue weighted by atomic mass is 10.0. The van der Waals surface area contributed by atoms with Crippen LogP contribution in [-0.2, 0) is 4.74 Å². The van der Waals surface area contributed by atoms with E-state index in [1.54, 1.807) is 0 Å². The van der Waals surface area contributed by atoms with E-state index in [-0.39, 0.29) is 6.10 Å². The molecule has 1 atom stereocenters. The molecule has 0 bridgehead atoms. The number of piperidine rings is 1. The third-order valence-electron chi connectivity index (χ3n) is 5.83. The second-order valence-corrected chi connectivity index (χ2v) is 8.27. The Balaban J connectivity index is 1.55.